The molecule has 1 aromatic rings. The fourth-order valence-electron chi connectivity index (χ4n) is 2.47. The van der Waals surface area contributed by atoms with Gasteiger partial charge >= 0.3 is 0 Å². The quantitative estimate of drug-likeness (QED) is 0.852. The average Bonchev–Trinajstić information content (AvgIpc) is 3.05. The third kappa shape index (κ3) is 4.28. The Morgan fingerprint density at radius 1 is 1.52 bits per heavy atom. The number of carbonyl (C=O) groups excluding carboxylic acids is 1. The van der Waals surface area contributed by atoms with Crippen LogP contribution in [0.1, 0.15) is 33.2 Å². The smallest absolute Gasteiger partial charge is 0.236 e. The van der Waals surface area contributed by atoms with Gasteiger partial charge in [-0.05, 0) is 26.3 Å². The predicted molar refractivity (Wildman–Crippen MR) is 81.0 cm³/mol. The van der Waals surface area contributed by atoms with E-state index >= 15 is 0 Å². The summed E-state index contributed by atoms with van der Waals surface area (Å²) in [4.78, 5) is 14.2. The van der Waals surface area contributed by atoms with Crippen LogP contribution in [0.4, 0.5) is 0 Å². The monoisotopic (exact) mass is 294 g/mol. The van der Waals surface area contributed by atoms with Crippen LogP contribution < -0.4 is 5.32 Å². The summed E-state index contributed by atoms with van der Waals surface area (Å²) in [7, 11) is 0. The number of hydrogen-bond acceptors (Lipinski definition) is 4. The first kappa shape index (κ1) is 16.0. The topological polar surface area (TPSA) is 59.4 Å². The fourth-order valence-corrected chi connectivity index (χ4v) is 2.47. The molecule has 1 aliphatic heterocycles. The van der Waals surface area contributed by atoms with Crippen LogP contribution in [0.5, 0.6) is 0 Å². The van der Waals surface area contributed by atoms with Gasteiger partial charge in [0.2, 0.25) is 5.91 Å². The molecule has 2 rings (SSSR count). The first-order valence-corrected chi connectivity index (χ1v) is 7.73. The number of nitrogens with one attached hydrogen (secondary N) is 1. The van der Waals surface area contributed by atoms with Gasteiger partial charge in [0, 0.05) is 31.5 Å². The Kier molecular flexibility index (Phi) is 5.76. The maximum atomic E-state index is 12.3. The molecule has 1 aliphatic rings. The van der Waals surface area contributed by atoms with Crippen molar-refractivity contribution in [3.05, 3.63) is 18.5 Å². The Hall–Kier alpha value is -1.40. The largest absolute Gasteiger partial charge is 0.375 e. The third-order valence-corrected chi connectivity index (χ3v) is 4.19. The summed E-state index contributed by atoms with van der Waals surface area (Å²) in [6, 6.07) is 2.30. The summed E-state index contributed by atoms with van der Waals surface area (Å²) in [5.41, 5.74) is 0. The van der Waals surface area contributed by atoms with Crippen molar-refractivity contribution >= 4 is 5.91 Å². The summed E-state index contributed by atoms with van der Waals surface area (Å²) in [6.45, 7) is 8.67. The normalized spacial score (nSPS) is 22.0. The minimum Gasteiger partial charge on any atom is -0.375 e. The molecular formula is C15H26N4O2. The van der Waals surface area contributed by atoms with E-state index in [0.29, 0.717) is 26.2 Å². The Labute approximate surface area is 126 Å². The number of ether oxygens (including phenoxy) is 1. The molecule has 0 unspecified atom stereocenters. The molecule has 1 fully saturated rings. The van der Waals surface area contributed by atoms with Gasteiger partial charge in [-0.15, -0.1) is 0 Å². The van der Waals surface area contributed by atoms with Crippen molar-refractivity contribution in [3.63, 3.8) is 0 Å². The molecule has 1 aromatic heterocycles. The van der Waals surface area contributed by atoms with Crippen LogP contribution in [0.15, 0.2) is 18.5 Å². The van der Waals surface area contributed by atoms with E-state index < -0.39 is 0 Å². The number of amides is 1. The van der Waals surface area contributed by atoms with E-state index in [-0.39, 0.29) is 24.1 Å². The summed E-state index contributed by atoms with van der Waals surface area (Å²) in [5, 5.41) is 7.55. The average molecular weight is 294 g/mol. The maximum absolute atomic E-state index is 12.3. The van der Waals surface area contributed by atoms with Gasteiger partial charge < -0.3 is 15.0 Å². The molecule has 0 aromatic carbocycles. The van der Waals surface area contributed by atoms with E-state index in [1.165, 1.54) is 0 Å². The van der Waals surface area contributed by atoms with Gasteiger partial charge in [0.1, 0.15) is 0 Å². The highest BCUT2D eigenvalue weighted by atomic mass is 16.5. The highest BCUT2D eigenvalue weighted by Gasteiger charge is 2.23. The van der Waals surface area contributed by atoms with Crippen molar-refractivity contribution in [1.82, 2.24) is 20.0 Å². The van der Waals surface area contributed by atoms with E-state index in [9.17, 15) is 4.79 Å². The van der Waals surface area contributed by atoms with Crippen LogP contribution >= 0.6 is 0 Å². The molecule has 6 heteroatoms. The van der Waals surface area contributed by atoms with Crippen molar-refractivity contribution in [2.45, 2.75) is 45.4 Å². The molecule has 0 saturated carbocycles. The van der Waals surface area contributed by atoms with Crippen LogP contribution in [0.2, 0.25) is 0 Å². The van der Waals surface area contributed by atoms with Crippen LogP contribution in [-0.4, -0.2) is 59.0 Å². The van der Waals surface area contributed by atoms with Gasteiger partial charge in [-0.3, -0.25) is 9.48 Å². The molecule has 0 aliphatic carbocycles. The number of aromatic nitrogens is 2. The minimum atomic E-state index is 0.149. The zero-order valence-electron chi connectivity index (χ0n) is 13.2. The van der Waals surface area contributed by atoms with Gasteiger partial charge in [0.05, 0.1) is 25.3 Å². The second-order valence-corrected chi connectivity index (χ2v) is 5.64. The number of rotatable bonds is 6. The highest BCUT2D eigenvalue weighted by molar-refractivity contribution is 5.78. The zero-order chi connectivity index (χ0) is 15.2. The van der Waals surface area contributed by atoms with Crippen molar-refractivity contribution in [2.75, 3.05) is 26.2 Å². The van der Waals surface area contributed by atoms with Crippen molar-refractivity contribution < 1.29 is 9.53 Å². The number of morpholine rings is 1. The van der Waals surface area contributed by atoms with E-state index in [2.05, 4.69) is 31.2 Å². The summed E-state index contributed by atoms with van der Waals surface area (Å²) in [5.74, 6) is 0.149. The molecule has 1 amide bonds. The SMILES string of the molecule is CC[C@@H]1CN(C(=O)CN[C@@H](C)[C@@H](C)n2cccn2)CCO1. The summed E-state index contributed by atoms with van der Waals surface area (Å²) < 4.78 is 7.50. The molecule has 2 heterocycles. The van der Waals surface area contributed by atoms with Crippen molar-refractivity contribution in [3.8, 4) is 0 Å². The lowest BCUT2D eigenvalue weighted by molar-refractivity contribution is -0.138. The number of nitrogens with zero attached hydrogens (tertiary/aromatic N) is 3. The highest BCUT2D eigenvalue weighted by Crippen LogP contribution is 2.10. The molecule has 1 saturated heterocycles. The van der Waals surface area contributed by atoms with Gasteiger partial charge in [-0.2, -0.15) is 5.10 Å². The Balaban J connectivity index is 1.78. The first-order valence-electron chi connectivity index (χ1n) is 7.73. The summed E-state index contributed by atoms with van der Waals surface area (Å²) >= 11 is 0. The molecule has 3 atom stereocenters. The first-order chi connectivity index (χ1) is 10.1. The zero-order valence-corrected chi connectivity index (χ0v) is 13.2. The van der Waals surface area contributed by atoms with Crippen molar-refractivity contribution in [1.29, 1.82) is 0 Å². The van der Waals surface area contributed by atoms with E-state index in [4.69, 9.17) is 4.74 Å². The minimum absolute atomic E-state index is 0.149. The Bertz CT molecular complexity index is 435. The van der Waals surface area contributed by atoms with E-state index in [1.54, 1.807) is 6.20 Å². The standard InChI is InChI=1S/C15H26N4O2/c1-4-14-11-18(8-9-21-14)15(20)10-16-12(2)13(3)19-7-5-6-17-19/h5-7,12-14,16H,4,8-11H2,1-3H3/t12-,13+,14+/m0/s1. The van der Waals surface area contributed by atoms with Crippen LogP contribution in [0.3, 0.4) is 0 Å². The third-order valence-electron chi connectivity index (χ3n) is 4.19. The van der Waals surface area contributed by atoms with Gasteiger partial charge in [-0.25, -0.2) is 0 Å². The second kappa shape index (κ2) is 7.56. The van der Waals surface area contributed by atoms with Gasteiger partial charge in [-0.1, -0.05) is 6.92 Å². The molecule has 0 radical (unpaired) electrons. The number of hydrogen-bond donors (Lipinski definition) is 1. The Morgan fingerprint density at radius 3 is 3.00 bits per heavy atom. The summed E-state index contributed by atoms with van der Waals surface area (Å²) in [6.07, 6.45) is 4.85. The van der Waals surface area contributed by atoms with Gasteiger partial charge in [0.25, 0.3) is 0 Å². The van der Waals surface area contributed by atoms with Crippen LogP contribution in [0, 0.1) is 0 Å². The fraction of sp³-hybridized carbons (Fsp3) is 0.733. The lowest BCUT2D eigenvalue weighted by atomic mass is 10.1. The van der Waals surface area contributed by atoms with E-state index in [0.717, 1.165) is 6.42 Å². The lowest BCUT2D eigenvalue weighted by Gasteiger charge is -2.33. The molecule has 0 spiro atoms. The molecule has 118 valence electrons. The molecule has 6 nitrogen and oxygen atoms in total. The molecule has 0 bridgehead atoms. The van der Waals surface area contributed by atoms with E-state index in [1.807, 2.05) is 21.8 Å². The predicted octanol–water partition coefficient (Wildman–Crippen LogP) is 1.06. The maximum Gasteiger partial charge on any atom is 0.236 e. The lowest BCUT2D eigenvalue weighted by Crippen LogP contribution is -2.49. The van der Waals surface area contributed by atoms with Crippen molar-refractivity contribution in [2.24, 2.45) is 0 Å². The Morgan fingerprint density at radius 2 is 2.33 bits per heavy atom. The van der Waals surface area contributed by atoms with Crippen LogP contribution in [-0.2, 0) is 9.53 Å². The molecule has 21 heavy (non-hydrogen) atoms. The number of carbonyl (C=O) groups is 1. The molecule has 1 N–H and O–H groups in total. The second-order valence-electron chi connectivity index (χ2n) is 5.64. The van der Waals surface area contributed by atoms with Crippen LogP contribution in [0.25, 0.3) is 0 Å². The van der Waals surface area contributed by atoms with Gasteiger partial charge in [0.15, 0.2) is 0 Å². The molecular weight excluding hydrogens is 268 g/mol.